The zero-order valence-electron chi connectivity index (χ0n) is 13.9. The second-order valence-electron chi connectivity index (χ2n) is 5.04. The van der Waals surface area contributed by atoms with E-state index < -0.39 is 18.6 Å². The topological polar surface area (TPSA) is 56.7 Å². The molecule has 10 heteroatoms. The standard InChI is InChI=1S/C15H20ClF3N4O.HI/c1-3-20-14(21-8-11-5-4-6-12(16)7-11)22-9-13(24)23(2)10-15(17,18)19;/h4-7H,3,8-10H2,1-2H3,(H2,20,21,22);1H. The predicted octanol–water partition coefficient (Wildman–Crippen LogP) is 3.03. The second kappa shape index (κ2) is 11.4. The molecule has 0 aromatic heterocycles. The Bertz CT molecular complexity index is 584. The van der Waals surface area contributed by atoms with Gasteiger partial charge in [-0.15, -0.1) is 24.0 Å². The van der Waals surface area contributed by atoms with Crippen molar-refractivity contribution in [2.45, 2.75) is 19.6 Å². The smallest absolute Gasteiger partial charge is 0.357 e. The summed E-state index contributed by atoms with van der Waals surface area (Å²) in [4.78, 5) is 16.6. The number of nitrogens with one attached hydrogen (secondary N) is 2. The van der Waals surface area contributed by atoms with Gasteiger partial charge in [-0.1, -0.05) is 23.7 Å². The molecule has 25 heavy (non-hydrogen) atoms. The zero-order valence-corrected chi connectivity index (χ0v) is 16.9. The molecule has 1 rings (SSSR count). The number of carbonyl (C=O) groups is 1. The molecule has 142 valence electrons. The van der Waals surface area contributed by atoms with Crippen molar-refractivity contribution in [2.75, 3.05) is 26.7 Å². The van der Waals surface area contributed by atoms with E-state index in [0.29, 0.717) is 29.0 Å². The van der Waals surface area contributed by atoms with Crippen LogP contribution in [0.25, 0.3) is 0 Å². The summed E-state index contributed by atoms with van der Waals surface area (Å²) in [7, 11) is 1.10. The number of nitrogens with zero attached hydrogens (tertiary/aromatic N) is 2. The van der Waals surface area contributed by atoms with E-state index in [1.807, 2.05) is 13.0 Å². The summed E-state index contributed by atoms with van der Waals surface area (Å²) in [6.07, 6.45) is -4.42. The average Bonchev–Trinajstić information content (AvgIpc) is 2.48. The molecule has 0 heterocycles. The molecule has 0 bridgehead atoms. The van der Waals surface area contributed by atoms with Crippen LogP contribution in [0.4, 0.5) is 13.2 Å². The van der Waals surface area contributed by atoms with Crippen LogP contribution >= 0.6 is 35.6 Å². The lowest BCUT2D eigenvalue weighted by Gasteiger charge is -2.20. The van der Waals surface area contributed by atoms with Crippen molar-refractivity contribution in [1.29, 1.82) is 0 Å². The van der Waals surface area contributed by atoms with Crippen LogP contribution in [0.1, 0.15) is 12.5 Å². The molecule has 0 saturated heterocycles. The maximum atomic E-state index is 12.3. The number of hydrogen-bond donors (Lipinski definition) is 2. The Morgan fingerprint density at radius 1 is 1.32 bits per heavy atom. The third-order valence-corrected chi connectivity index (χ3v) is 3.14. The number of amides is 1. The summed E-state index contributed by atoms with van der Waals surface area (Å²) in [6.45, 7) is 1.14. The molecule has 0 radical (unpaired) electrons. The van der Waals surface area contributed by atoms with E-state index in [-0.39, 0.29) is 30.5 Å². The molecule has 0 spiro atoms. The van der Waals surface area contributed by atoms with Gasteiger partial charge in [0.05, 0.1) is 13.1 Å². The van der Waals surface area contributed by atoms with Crippen LogP contribution in [-0.4, -0.2) is 49.6 Å². The van der Waals surface area contributed by atoms with Gasteiger partial charge in [-0.05, 0) is 24.6 Å². The lowest BCUT2D eigenvalue weighted by molar-refractivity contribution is -0.157. The Labute approximate surface area is 167 Å². The third kappa shape index (κ3) is 10.4. The molecule has 1 aromatic rings. The Morgan fingerprint density at radius 2 is 2.00 bits per heavy atom. The summed E-state index contributed by atoms with van der Waals surface area (Å²) >= 11 is 5.89. The molecule has 5 nitrogen and oxygen atoms in total. The first-order chi connectivity index (χ1) is 11.2. The predicted molar refractivity (Wildman–Crippen MR) is 103 cm³/mol. The maximum Gasteiger partial charge on any atom is 0.406 e. The molecule has 0 aliphatic carbocycles. The van der Waals surface area contributed by atoms with Crippen molar-refractivity contribution < 1.29 is 18.0 Å². The largest absolute Gasteiger partial charge is 0.406 e. The fourth-order valence-electron chi connectivity index (χ4n) is 1.80. The van der Waals surface area contributed by atoms with Crippen LogP contribution in [0.15, 0.2) is 29.3 Å². The number of hydrogen-bond acceptors (Lipinski definition) is 2. The molecule has 0 saturated carbocycles. The van der Waals surface area contributed by atoms with Gasteiger partial charge < -0.3 is 15.5 Å². The Hall–Kier alpha value is -1.23. The number of halogens is 5. The Balaban J connectivity index is 0.00000576. The molecule has 0 aliphatic rings. The lowest BCUT2D eigenvalue weighted by Crippen LogP contribution is -2.45. The summed E-state index contributed by atoms with van der Waals surface area (Å²) in [5, 5.41) is 6.23. The van der Waals surface area contributed by atoms with Gasteiger partial charge in [-0.25, -0.2) is 4.99 Å². The van der Waals surface area contributed by atoms with Crippen molar-refractivity contribution in [3.05, 3.63) is 34.9 Å². The van der Waals surface area contributed by atoms with Crippen molar-refractivity contribution in [2.24, 2.45) is 4.99 Å². The van der Waals surface area contributed by atoms with Crippen molar-refractivity contribution in [3.63, 3.8) is 0 Å². The first kappa shape index (κ1) is 23.8. The number of benzene rings is 1. The highest BCUT2D eigenvalue weighted by molar-refractivity contribution is 14.0. The SMILES string of the molecule is CCNC(=NCc1cccc(Cl)c1)NCC(=O)N(C)CC(F)(F)F.I. The highest BCUT2D eigenvalue weighted by atomic mass is 127. The first-order valence-electron chi connectivity index (χ1n) is 7.28. The summed E-state index contributed by atoms with van der Waals surface area (Å²) in [6, 6.07) is 7.15. The Morgan fingerprint density at radius 3 is 2.56 bits per heavy atom. The van der Waals surface area contributed by atoms with Crippen LogP contribution in [0, 0.1) is 0 Å². The first-order valence-corrected chi connectivity index (χ1v) is 7.66. The van der Waals surface area contributed by atoms with E-state index in [1.165, 1.54) is 0 Å². The van der Waals surface area contributed by atoms with E-state index in [2.05, 4.69) is 15.6 Å². The van der Waals surface area contributed by atoms with E-state index in [9.17, 15) is 18.0 Å². The fourth-order valence-corrected chi connectivity index (χ4v) is 2.01. The van der Waals surface area contributed by atoms with Crippen molar-refractivity contribution in [3.8, 4) is 0 Å². The molecule has 0 fully saturated rings. The second-order valence-corrected chi connectivity index (χ2v) is 5.48. The van der Waals surface area contributed by atoms with E-state index in [4.69, 9.17) is 11.6 Å². The highest BCUT2D eigenvalue weighted by Crippen LogP contribution is 2.15. The molecule has 0 atom stereocenters. The normalized spacial score (nSPS) is 11.5. The van der Waals surface area contributed by atoms with E-state index >= 15 is 0 Å². The maximum absolute atomic E-state index is 12.3. The van der Waals surface area contributed by atoms with Crippen molar-refractivity contribution in [1.82, 2.24) is 15.5 Å². The van der Waals surface area contributed by atoms with Gasteiger partial charge in [0.1, 0.15) is 6.54 Å². The average molecular weight is 493 g/mol. The number of guanidine groups is 1. The number of rotatable bonds is 6. The molecular formula is C15H21ClF3IN4O. The minimum atomic E-state index is -4.42. The fraction of sp³-hybridized carbons (Fsp3) is 0.467. The van der Waals surface area contributed by atoms with Crippen LogP contribution in [0.2, 0.25) is 5.02 Å². The quantitative estimate of drug-likeness (QED) is 0.365. The van der Waals surface area contributed by atoms with Crippen LogP contribution in [0.5, 0.6) is 0 Å². The summed E-state index contributed by atoms with van der Waals surface area (Å²) < 4.78 is 36.8. The zero-order chi connectivity index (χ0) is 18.2. The minimum Gasteiger partial charge on any atom is -0.357 e. The van der Waals surface area contributed by atoms with Gasteiger partial charge >= 0.3 is 6.18 Å². The summed E-state index contributed by atoms with van der Waals surface area (Å²) in [5.41, 5.74) is 0.875. The van der Waals surface area contributed by atoms with Gasteiger partial charge in [-0.2, -0.15) is 13.2 Å². The lowest BCUT2D eigenvalue weighted by atomic mass is 10.2. The van der Waals surface area contributed by atoms with Gasteiger partial charge in [0, 0.05) is 18.6 Å². The molecular weight excluding hydrogens is 472 g/mol. The van der Waals surface area contributed by atoms with Crippen LogP contribution in [-0.2, 0) is 11.3 Å². The monoisotopic (exact) mass is 492 g/mol. The van der Waals surface area contributed by atoms with Crippen LogP contribution < -0.4 is 10.6 Å². The van der Waals surface area contributed by atoms with Gasteiger partial charge in [0.15, 0.2) is 5.96 Å². The van der Waals surface area contributed by atoms with Gasteiger partial charge in [-0.3, -0.25) is 4.79 Å². The van der Waals surface area contributed by atoms with Crippen molar-refractivity contribution >= 4 is 47.4 Å². The molecule has 2 N–H and O–H groups in total. The Kier molecular flexibility index (Phi) is 10.8. The van der Waals surface area contributed by atoms with Gasteiger partial charge in [0.25, 0.3) is 0 Å². The number of likely N-dealkylation sites (N-methyl/N-ethyl adjacent to an activating group) is 1. The molecule has 0 aliphatic heterocycles. The number of aliphatic imine (C=N–C) groups is 1. The van der Waals surface area contributed by atoms with Gasteiger partial charge in [0.2, 0.25) is 5.91 Å². The highest BCUT2D eigenvalue weighted by Gasteiger charge is 2.31. The molecule has 1 aromatic carbocycles. The molecule has 0 unspecified atom stereocenters. The van der Waals surface area contributed by atoms with E-state index in [0.717, 1.165) is 12.6 Å². The minimum absolute atomic E-state index is 0. The number of alkyl halides is 3. The van der Waals surface area contributed by atoms with Crippen LogP contribution in [0.3, 0.4) is 0 Å². The third-order valence-electron chi connectivity index (χ3n) is 2.90. The number of carbonyl (C=O) groups excluding carboxylic acids is 1. The molecule has 1 amide bonds. The van der Waals surface area contributed by atoms with E-state index in [1.54, 1.807) is 18.2 Å². The summed E-state index contributed by atoms with van der Waals surface area (Å²) in [5.74, 6) is -0.341.